The molecule has 1 aromatic carbocycles. The highest BCUT2D eigenvalue weighted by Gasteiger charge is 2.42. The summed E-state index contributed by atoms with van der Waals surface area (Å²) < 4.78 is 11.5. The predicted octanol–water partition coefficient (Wildman–Crippen LogP) is 4.78. The Bertz CT molecular complexity index is 888. The Kier molecular flexibility index (Phi) is 6.86. The summed E-state index contributed by atoms with van der Waals surface area (Å²) >= 11 is 0. The third-order valence-corrected chi connectivity index (χ3v) is 5.83. The zero-order valence-corrected chi connectivity index (χ0v) is 19.2. The molecular weight excluding hydrogens is 378 g/mol. The van der Waals surface area contributed by atoms with Gasteiger partial charge in [0.1, 0.15) is 22.7 Å². The molecule has 0 unspecified atom stereocenters. The van der Waals surface area contributed by atoms with Gasteiger partial charge in [-0.15, -0.1) is 0 Å². The molecule has 0 saturated heterocycles. The third kappa shape index (κ3) is 4.10. The molecule has 1 aliphatic rings. The summed E-state index contributed by atoms with van der Waals surface area (Å²) in [5.41, 5.74) is 3.53. The number of aryl methyl sites for hydroxylation is 2. The van der Waals surface area contributed by atoms with Crippen LogP contribution in [0.1, 0.15) is 62.8 Å². The van der Waals surface area contributed by atoms with E-state index in [1.165, 1.54) is 0 Å². The van der Waals surface area contributed by atoms with Crippen molar-refractivity contribution in [1.82, 2.24) is 9.97 Å². The molecule has 0 bridgehead atoms. The number of aliphatic hydroxyl groups is 1. The molecule has 0 spiro atoms. The van der Waals surface area contributed by atoms with Gasteiger partial charge < -0.3 is 19.5 Å². The second-order valence-electron chi connectivity index (χ2n) is 8.29. The molecule has 1 heterocycles. The molecule has 0 atom stereocenters. The van der Waals surface area contributed by atoms with Crippen molar-refractivity contribution in [3.63, 3.8) is 0 Å². The number of hydrogen-bond donors (Lipinski definition) is 1. The van der Waals surface area contributed by atoms with Crippen molar-refractivity contribution < 1.29 is 14.6 Å². The molecule has 1 aliphatic carbocycles. The first kappa shape index (κ1) is 22.3. The quantitative estimate of drug-likeness (QED) is 0.638. The van der Waals surface area contributed by atoms with Crippen LogP contribution in [-0.4, -0.2) is 42.4 Å². The molecule has 3 rings (SSSR count). The van der Waals surface area contributed by atoms with E-state index in [0.29, 0.717) is 30.2 Å². The van der Waals surface area contributed by atoms with Gasteiger partial charge in [0.15, 0.2) is 5.82 Å². The highest BCUT2D eigenvalue weighted by Crippen LogP contribution is 2.47. The highest BCUT2D eigenvalue weighted by molar-refractivity contribution is 5.71. The molecule has 164 valence electrons. The third-order valence-electron chi connectivity index (χ3n) is 5.83. The Balaban J connectivity index is 2.28. The molecule has 30 heavy (non-hydrogen) atoms. The van der Waals surface area contributed by atoms with E-state index in [0.717, 1.165) is 60.5 Å². The maximum atomic E-state index is 11.4. The van der Waals surface area contributed by atoms with Crippen LogP contribution in [0.3, 0.4) is 0 Å². The van der Waals surface area contributed by atoms with Crippen molar-refractivity contribution in [1.29, 1.82) is 0 Å². The lowest BCUT2D eigenvalue weighted by molar-refractivity contribution is -0.0423. The van der Waals surface area contributed by atoms with Crippen molar-refractivity contribution >= 4 is 5.69 Å². The first-order chi connectivity index (χ1) is 14.4. The Morgan fingerprint density at radius 3 is 2.20 bits per heavy atom. The first-order valence-corrected chi connectivity index (χ1v) is 11.0. The smallest absolute Gasteiger partial charge is 0.241 e. The van der Waals surface area contributed by atoms with Crippen molar-refractivity contribution in [2.45, 2.75) is 65.4 Å². The summed E-state index contributed by atoms with van der Waals surface area (Å²) in [5.74, 6) is 1.79. The lowest BCUT2D eigenvalue weighted by Gasteiger charge is -2.39. The number of benzene rings is 1. The SMILES string of the molecule is CCCN(CCC)c1c(OC)nc(-c2cc(C)cc(C)c2OC)nc1C1(O)CCC1. The summed E-state index contributed by atoms with van der Waals surface area (Å²) in [4.78, 5) is 12.0. The fourth-order valence-corrected chi connectivity index (χ4v) is 4.32. The van der Waals surface area contributed by atoms with Crippen molar-refractivity contribution in [3.05, 3.63) is 29.0 Å². The minimum absolute atomic E-state index is 0.512. The van der Waals surface area contributed by atoms with Crippen LogP contribution in [0.15, 0.2) is 12.1 Å². The van der Waals surface area contributed by atoms with Crippen LogP contribution in [0.2, 0.25) is 0 Å². The monoisotopic (exact) mass is 413 g/mol. The van der Waals surface area contributed by atoms with E-state index >= 15 is 0 Å². The van der Waals surface area contributed by atoms with Gasteiger partial charge >= 0.3 is 0 Å². The van der Waals surface area contributed by atoms with Gasteiger partial charge in [0, 0.05) is 13.1 Å². The second kappa shape index (κ2) is 9.21. The van der Waals surface area contributed by atoms with E-state index < -0.39 is 5.60 Å². The lowest BCUT2D eigenvalue weighted by atomic mass is 9.77. The normalized spacial score (nSPS) is 14.9. The van der Waals surface area contributed by atoms with Gasteiger partial charge in [0.25, 0.3) is 0 Å². The van der Waals surface area contributed by atoms with Gasteiger partial charge in [-0.05, 0) is 63.1 Å². The molecule has 0 amide bonds. The van der Waals surface area contributed by atoms with E-state index in [9.17, 15) is 5.11 Å². The summed E-state index contributed by atoms with van der Waals surface area (Å²) in [6.07, 6.45) is 4.39. The van der Waals surface area contributed by atoms with E-state index in [1.807, 2.05) is 19.9 Å². The van der Waals surface area contributed by atoms with Crippen molar-refractivity contribution in [2.75, 3.05) is 32.2 Å². The maximum absolute atomic E-state index is 11.4. The predicted molar refractivity (Wildman–Crippen MR) is 121 cm³/mol. The number of rotatable bonds is 9. The average molecular weight is 414 g/mol. The fraction of sp³-hybridized carbons (Fsp3) is 0.583. The zero-order valence-electron chi connectivity index (χ0n) is 19.2. The maximum Gasteiger partial charge on any atom is 0.241 e. The van der Waals surface area contributed by atoms with E-state index in [1.54, 1.807) is 14.2 Å². The Hall–Kier alpha value is -2.34. The Morgan fingerprint density at radius 2 is 1.70 bits per heavy atom. The summed E-state index contributed by atoms with van der Waals surface area (Å²) in [6, 6.07) is 4.11. The minimum atomic E-state index is -0.938. The fourth-order valence-electron chi connectivity index (χ4n) is 4.32. The number of ether oxygens (including phenoxy) is 2. The summed E-state index contributed by atoms with van der Waals surface area (Å²) in [6.45, 7) is 10.1. The van der Waals surface area contributed by atoms with Gasteiger partial charge in [-0.2, -0.15) is 4.98 Å². The lowest BCUT2D eigenvalue weighted by Crippen LogP contribution is -2.38. The number of nitrogens with zero attached hydrogens (tertiary/aromatic N) is 3. The molecule has 1 fully saturated rings. The number of hydrogen-bond acceptors (Lipinski definition) is 6. The van der Waals surface area contributed by atoms with Crippen molar-refractivity contribution in [2.24, 2.45) is 0 Å². The number of methoxy groups -OCH3 is 2. The molecule has 0 aliphatic heterocycles. The van der Waals surface area contributed by atoms with Crippen LogP contribution in [0, 0.1) is 13.8 Å². The Morgan fingerprint density at radius 1 is 1.03 bits per heavy atom. The van der Waals surface area contributed by atoms with Crippen LogP contribution in [-0.2, 0) is 5.60 Å². The molecule has 0 radical (unpaired) electrons. The van der Waals surface area contributed by atoms with Gasteiger partial charge in [0.2, 0.25) is 5.88 Å². The molecular formula is C24H35N3O3. The van der Waals surface area contributed by atoms with Crippen LogP contribution in [0.5, 0.6) is 11.6 Å². The second-order valence-corrected chi connectivity index (χ2v) is 8.29. The molecule has 6 nitrogen and oxygen atoms in total. The summed E-state index contributed by atoms with van der Waals surface area (Å²) in [7, 11) is 3.30. The zero-order chi connectivity index (χ0) is 21.9. The molecule has 2 aromatic rings. The van der Waals surface area contributed by atoms with Gasteiger partial charge in [0.05, 0.1) is 19.8 Å². The largest absolute Gasteiger partial charge is 0.496 e. The van der Waals surface area contributed by atoms with Gasteiger partial charge in [-0.3, -0.25) is 0 Å². The average Bonchev–Trinajstić information content (AvgIpc) is 2.70. The van der Waals surface area contributed by atoms with E-state index in [-0.39, 0.29) is 0 Å². The van der Waals surface area contributed by atoms with E-state index in [2.05, 4.69) is 24.8 Å². The van der Waals surface area contributed by atoms with Crippen molar-refractivity contribution in [3.8, 4) is 23.0 Å². The van der Waals surface area contributed by atoms with Crippen LogP contribution in [0.4, 0.5) is 5.69 Å². The van der Waals surface area contributed by atoms with Gasteiger partial charge in [-0.25, -0.2) is 4.98 Å². The minimum Gasteiger partial charge on any atom is -0.496 e. The first-order valence-electron chi connectivity index (χ1n) is 11.0. The standard InChI is InChI=1S/C24H35N3O3/c1-7-12-27(13-8-2)19-21(24(28)10-9-11-24)25-22(26-23(19)30-6)18-15-16(3)14-17(4)20(18)29-5/h14-15,28H,7-13H2,1-6H3. The van der Waals surface area contributed by atoms with Crippen LogP contribution >= 0.6 is 0 Å². The van der Waals surface area contributed by atoms with E-state index in [4.69, 9.17) is 19.4 Å². The molecule has 1 saturated carbocycles. The van der Waals surface area contributed by atoms with Crippen LogP contribution < -0.4 is 14.4 Å². The topological polar surface area (TPSA) is 67.7 Å². The van der Waals surface area contributed by atoms with Crippen LogP contribution in [0.25, 0.3) is 11.4 Å². The number of aromatic nitrogens is 2. The summed E-state index contributed by atoms with van der Waals surface area (Å²) in [5, 5.41) is 11.4. The molecule has 1 N–H and O–H groups in total. The highest BCUT2D eigenvalue weighted by atomic mass is 16.5. The molecule has 6 heteroatoms. The molecule has 1 aromatic heterocycles. The number of anilines is 1. The Labute approximate surface area is 180 Å². The van der Waals surface area contributed by atoms with Gasteiger partial charge in [-0.1, -0.05) is 19.9 Å².